The van der Waals surface area contributed by atoms with Crippen LogP contribution in [0.3, 0.4) is 0 Å². The molecule has 0 aromatic heterocycles. The van der Waals surface area contributed by atoms with Crippen molar-refractivity contribution in [1.82, 2.24) is 0 Å². The van der Waals surface area contributed by atoms with Crippen molar-refractivity contribution < 1.29 is 14.2 Å². The third-order valence-corrected chi connectivity index (χ3v) is 3.55. The van der Waals surface area contributed by atoms with Crippen molar-refractivity contribution in [2.45, 2.75) is 12.1 Å². The summed E-state index contributed by atoms with van der Waals surface area (Å²) in [5.41, 5.74) is 1.28. The molecular formula is C18H14FNO2. The zero-order valence-corrected chi connectivity index (χ0v) is 11.7. The minimum absolute atomic E-state index is 0.0504. The Bertz CT molecular complexity index is 749. The summed E-state index contributed by atoms with van der Waals surface area (Å²) in [6, 6.07) is 14.2. The van der Waals surface area contributed by atoms with Crippen LogP contribution in [0.4, 0.5) is 4.39 Å². The number of hydrogen-bond acceptors (Lipinski definition) is 3. The number of hydrogen-bond donors (Lipinski definition) is 1. The molecule has 1 aliphatic heterocycles. The molecule has 3 rings (SSSR count). The lowest BCUT2D eigenvalue weighted by atomic mass is 10.0. The second-order valence-electron chi connectivity index (χ2n) is 4.95. The Kier molecular flexibility index (Phi) is 3.90. The fourth-order valence-corrected chi connectivity index (χ4v) is 2.38. The van der Waals surface area contributed by atoms with Crippen LogP contribution < -0.4 is 0 Å². The fourth-order valence-electron chi connectivity index (χ4n) is 2.38. The van der Waals surface area contributed by atoms with Crippen molar-refractivity contribution in [3.8, 4) is 12.3 Å². The molecule has 0 saturated heterocycles. The maximum absolute atomic E-state index is 14.5. The highest BCUT2D eigenvalue weighted by Gasteiger charge is 2.25. The van der Waals surface area contributed by atoms with Gasteiger partial charge in [-0.1, -0.05) is 48.4 Å². The lowest BCUT2D eigenvalue weighted by Gasteiger charge is -2.09. The minimum atomic E-state index is -1.29. The first-order chi connectivity index (χ1) is 10.7. The zero-order chi connectivity index (χ0) is 15.5. The average Bonchev–Trinajstić information content (AvgIpc) is 3.05. The van der Waals surface area contributed by atoms with Gasteiger partial charge in [-0.15, -0.1) is 6.42 Å². The van der Waals surface area contributed by atoms with E-state index in [2.05, 4.69) is 10.9 Å². The van der Waals surface area contributed by atoms with Gasteiger partial charge in [0.15, 0.2) is 0 Å². The van der Waals surface area contributed by atoms with Crippen LogP contribution in [0, 0.1) is 18.2 Å². The van der Waals surface area contributed by atoms with E-state index in [9.17, 15) is 9.50 Å². The molecule has 0 spiro atoms. The standard InChI is InChI=1S/C18H14FNO2/c1-2-16(21)13-9-6-10-14(17(13)19)18-20-15(11-22-18)12-7-4-3-5-8-12/h1,3-10,15-16,21H,11H2/t15-,16?/m0/s1. The molecule has 0 bridgehead atoms. The van der Waals surface area contributed by atoms with Crippen molar-refractivity contribution in [2.75, 3.05) is 6.61 Å². The van der Waals surface area contributed by atoms with Crippen LogP contribution in [0.15, 0.2) is 53.5 Å². The van der Waals surface area contributed by atoms with Gasteiger partial charge in [0.25, 0.3) is 0 Å². The third-order valence-electron chi connectivity index (χ3n) is 3.55. The second kappa shape index (κ2) is 6.00. The van der Waals surface area contributed by atoms with Crippen LogP contribution in [-0.2, 0) is 4.74 Å². The summed E-state index contributed by atoms with van der Waals surface area (Å²) < 4.78 is 20.0. The number of aliphatic hydroxyl groups excluding tert-OH is 1. The van der Waals surface area contributed by atoms with Gasteiger partial charge < -0.3 is 9.84 Å². The Morgan fingerprint density at radius 3 is 2.73 bits per heavy atom. The summed E-state index contributed by atoms with van der Waals surface area (Å²) in [6.45, 7) is 0.362. The summed E-state index contributed by atoms with van der Waals surface area (Å²) >= 11 is 0. The summed E-state index contributed by atoms with van der Waals surface area (Å²) in [4.78, 5) is 4.44. The van der Waals surface area contributed by atoms with Crippen molar-refractivity contribution in [2.24, 2.45) is 4.99 Å². The minimum Gasteiger partial charge on any atom is -0.475 e. The van der Waals surface area contributed by atoms with E-state index in [-0.39, 0.29) is 23.1 Å². The Morgan fingerprint density at radius 2 is 2.00 bits per heavy atom. The predicted molar refractivity (Wildman–Crippen MR) is 81.9 cm³/mol. The highest BCUT2D eigenvalue weighted by molar-refractivity contribution is 5.95. The summed E-state index contributed by atoms with van der Waals surface area (Å²) in [5, 5.41) is 9.65. The number of nitrogens with zero attached hydrogens (tertiary/aromatic N) is 1. The Labute approximate surface area is 128 Å². The van der Waals surface area contributed by atoms with Crippen LogP contribution in [0.2, 0.25) is 0 Å². The van der Waals surface area contributed by atoms with E-state index in [0.29, 0.717) is 6.61 Å². The number of aliphatic imine (C=N–C) groups is 1. The number of rotatable bonds is 3. The molecule has 0 amide bonds. The zero-order valence-electron chi connectivity index (χ0n) is 11.7. The van der Waals surface area contributed by atoms with Gasteiger partial charge in [-0.05, 0) is 11.6 Å². The molecular weight excluding hydrogens is 281 g/mol. The normalized spacial score (nSPS) is 18.2. The van der Waals surface area contributed by atoms with Crippen LogP contribution in [0.5, 0.6) is 0 Å². The Balaban J connectivity index is 1.94. The molecule has 0 fully saturated rings. The molecule has 3 nitrogen and oxygen atoms in total. The smallest absolute Gasteiger partial charge is 0.219 e. The summed E-state index contributed by atoms with van der Waals surface area (Å²) in [7, 11) is 0. The highest BCUT2D eigenvalue weighted by atomic mass is 19.1. The molecule has 1 N–H and O–H groups in total. The van der Waals surface area contributed by atoms with Crippen molar-refractivity contribution in [3.05, 3.63) is 71.0 Å². The molecule has 0 saturated carbocycles. The maximum Gasteiger partial charge on any atom is 0.219 e. The van der Waals surface area contributed by atoms with Crippen LogP contribution >= 0.6 is 0 Å². The Hall–Kier alpha value is -2.64. The topological polar surface area (TPSA) is 41.8 Å². The maximum atomic E-state index is 14.5. The Morgan fingerprint density at radius 1 is 1.23 bits per heavy atom. The lowest BCUT2D eigenvalue weighted by Crippen LogP contribution is -2.08. The van der Waals surface area contributed by atoms with E-state index in [1.165, 1.54) is 6.07 Å². The van der Waals surface area contributed by atoms with E-state index in [1.54, 1.807) is 12.1 Å². The molecule has 1 unspecified atom stereocenters. The average molecular weight is 295 g/mol. The van der Waals surface area contributed by atoms with E-state index in [0.717, 1.165) is 5.56 Å². The first-order valence-electron chi connectivity index (χ1n) is 6.89. The fraction of sp³-hybridized carbons (Fsp3) is 0.167. The monoisotopic (exact) mass is 295 g/mol. The van der Waals surface area contributed by atoms with E-state index in [4.69, 9.17) is 11.2 Å². The second-order valence-corrected chi connectivity index (χ2v) is 4.95. The van der Waals surface area contributed by atoms with Crippen LogP contribution in [-0.4, -0.2) is 17.6 Å². The molecule has 0 radical (unpaired) electrons. The third kappa shape index (κ3) is 2.59. The molecule has 22 heavy (non-hydrogen) atoms. The van der Waals surface area contributed by atoms with E-state index >= 15 is 0 Å². The molecule has 2 aromatic rings. The number of aliphatic hydroxyl groups is 1. The van der Waals surface area contributed by atoms with Gasteiger partial charge in [0.05, 0.1) is 5.56 Å². The lowest BCUT2D eigenvalue weighted by molar-refractivity contribution is 0.232. The highest BCUT2D eigenvalue weighted by Crippen LogP contribution is 2.27. The van der Waals surface area contributed by atoms with Crippen molar-refractivity contribution >= 4 is 5.90 Å². The van der Waals surface area contributed by atoms with Gasteiger partial charge >= 0.3 is 0 Å². The van der Waals surface area contributed by atoms with Gasteiger partial charge in [-0.25, -0.2) is 9.38 Å². The van der Waals surface area contributed by atoms with Crippen molar-refractivity contribution in [1.29, 1.82) is 0 Å². The number of benzene rings is 2. The van der Waals surface area contributed by atoms with Gasteiger partial charge in [0.2, 0.25) is 5.90 Å². The number of halogens is 1. The van der Waals surface area contributed by atoms with Crippen LogP contribution in [0.25, 0.3) is 0 Å². The van der Waals surface area contributed by atoms with E-state index < -0.39 is 11.9 Å². The molecule has 0 aliphatic carbocycles. The molecule has 1 heterocycles. The predicted octanol–water partition coefficient (Wildman–Crippen LogP) is 3.01. The molecule has 2 aromatic carbocycles. The van der Waals surface area contributed by atoms with Crippen LogP contribution in [0.1, 0.15) is 28.8 Å². The van der Waals surface area contributed by atoms with Gasteiger partial charge in [-0.2, -0.15) is 0 Å². The first kappa shape index (κ1) is 14.3. The van der Waals surface area contributed by atoms with Gasteiger partial charge in [0, 0.05) is 5.56 Å². The summed E-state index contributed by atoms with van der Waals surface area (Å²) in [6.07, 6.45) is 3.86. The molecule has 1 aliphatic rings. The molecule has 110 valence electrons. The summed E-state index contributed by atoms with van der Waals surface area (Å²) in [5.74, 6) is 1.75. The SMILES string of the molecule is C#CC(O)c1cccc(C2=N[C@H](c3ccccc3)CO2)c1F. The number of ether oxygens (including phenoxy) is 1. The quantitative estimate of drug-likeness (QED) is 0.884. The first-order valence-corrected chi connectivity index (χ1v) is 6.89. The van der Waals surface area contributed by atoms with Gasteiger partial charge in [-0.3, -0.25) is 0 Å². The van der Waals surface area contributed by atoms with E-state index in [1.807, 2.05) is 30.3 Å². The number of terminal acetylenes is 1. The van der Waals surface area contributed by atoms with Crippen molar-refractivity contribution in [3.63, 3.8) is 0 Å². The molecule has 4 heteroatoms. The largest absolute Gasteiger partial charge is 0.475 e. The van der Waals surface area contributed by atoms with Gasteiger partial charge in [0.1, 0.15) is 24.6 Å². The molecule has 2 atom stereocenters.